The Morgan fingerprint density at radius 3 is 1.58 bits per heavy atom. The predicted molar refractivity (Wildman–Crippen MR) is 223 cm³/mol. The van der Waals surface area contributed by atoms with Gasteiger partial charge in [0, 0.05) is 11.0 Å². The first-order valence-corrected chi connectivity index (χ1v) is 20.5. The maximum atomic E-state index is 7.18. The van der Waals surface area contributed by atoms with Crippen molar-refractivity contribution in [1.82, 2.24) is 0 Å². The molecule has 0 amide bonds. The number of hydrogen-bond acceptors (Lipinski definition) is 2. The van der Waals surface area contributed by atoms with Gasteiger partial charge in [-0.25, -0.2) is 4.99 Å². The molecule has 1 spiro atoms. The maximum absolute atomic E-state index is 7.18. The molecule has 1 aliphatic heterocycles. The largest absolute Gasteiger partial charge is 0.467 e. The molecule has 3 aliphatic rings. The Balaban J connectivity index is 1.32. The number of benzene rings is 6. The van der Waals surface area contributed by atoms with Gasteiger partial charge in [0.2, 0.25) is 5.90 Å². The van der Waals surface area contributed by atoms with Gasteiger partial charge in [0.25, 0.3) is 0 Å². The zero-order chi connectivity index (χ0) is 36.5. The summed E-state index contributed by atoms with van der Waals surface area (Å²) in [6, 6.07) is 53.6. The molecule has 3 heteroatoms. The molecule has 0 N–H and O–H groups in total. The number of aliphatic imine (C=N–C) groups is 1. The fourth-order valence-corrected chi connectivity index (χ4v) is 12.8. The Morgan fingerprint density at radius 1 is 0.566 bits per heavy atom. The van der Waals surface area contributed by atoms with Crippen molar-refractivity contribution in [3.63, 3.8) is 0 Å². The highest BCUT2D eigenvalue weighted by molar-refractivity contribution is 7.80. The van der Waals surface area contributed by atoms with E-state index in [0.29, 0.717) is 0 Å². The molecule has 0 aromatic heterocycles. The Hall–Kier alpha value is -4.78. The highest BCUT2D eigenvalue weighted by Gasteiger charge is 2.59. The number of fused-ring (bicyclic) bond motifs is 4. The molecule has 1 unspecified atom stereocenters. The van der Waals surface area contributed by atoms with Crippen LogP contribution in [0.15, 0.2) is 151 Å². The van der Waals surface area contributed by atoms with Crippen LogP contribution in [-0.2, 0) is 21.0 Å². The predicted octanol–water partition coefficient (Wildman–Crippen LogP) is 11.0. The fraction of sp³-hybridized carbons (Fsp3) is 0.260. The molecular formula is C50H48NOP. The van der Waals surface area contributed by atoms with Crippen LogP contribution in [0, 0.1) is 13.8 Å². The van der Waals surface area contributed by atoms with Crippen LogP contribution < -0.4 is 15.9 Å². The molecule has 0 saturated carbocycles. The van der Waals surface area contributed by atoms with Gasteiger partial charge in [-0.05, 0) is 101 Å². The molecule has 6 aromatic carbocycles. The molecule has 1 heterocycles. The number of nitrogens with zero attached hydrogens (tertiary/aromatic N) is 1. The van der Waals surface area contributed by atoms with Crippen LogP contribution in [0.5, 0.6) is 0 Å². The summed E-state index contributed by atoms with van der Waals surface area (Å²) < 4.78 is 7.18. The first kappa shape index (κ1) is 34.0. The minimum absolute atomic E-state index is 0.0260. The third kappa shape index (κ3) is 5.61. The molecule has 0 fully saturated rings. The molecular weight excluding hydrogens is 662 g/mol. The molecule has 0 bridgehead atoms. The molecule has 0 radical (unpaired) electrons. The number of aryl methyl sites for hydroxylation is 2. The van der Waals surface area contributed by atoms with E-state index in [0.717, 1.165) is 24.3 Å². The lowest BCUT2D eigenvalue weighted by atomic mass is 9.71. The lowest BCUT2D eigenvalue weighted by molar-refractivity contribution is 0.197. The molecule has 264 valence electrons. The molecule has 2 nitrogen and oxygen atoms in total. The normalized spacial score (nSPS) is 22.1. The van der Waals surface area contributed by atoms with Crippen molar-refractivity contribution in [2.24, 2.45) is 4.99 Å². The lowest BCUT2D eigenvalue weighted by Crippen LogP contribution is -2.34. The van der Waals surface area contributed by atoms with Crippen LogP contribution in [0.25, 0.3) is 0 Å². The Morgan fingerprint density at radius 2 is 1.04 bits per heavy atom. The van der Waals surface area contributed by atoms with Gasteiger partial charge in [-0.2, -0.15) is 0 Å². The highest BCUT2D eigenvalue weighted by Crippen LogP contribution is 2.65. The van der Waals surface area contributed by atoms with Gasteiger partial charge in [-0.15, -0.1) is 0 Å². The SMILES string of the molecule is Cc1cc(C2=N[C@@H](c3ccccc3)C(c3ccccc3)O2)c2c(c1)C(C)(C)C[C@]21CC(C)(C)c2cc(C)cc(P(c3ccccc3)c3ccccc3)c21. The minimum atomic E-state index is -0.831. The van der Waals surface area contributed by atoms with E-state index < -0.39 is 7.92 Å². The number of hydrogen-bond donors (Lipinski definition) is 0. The third-order valence-corrected chi connectivity index (χ3v) is 14.5. The average molecular weight is 710 g/mol. The summed E-state index contributed by atoms with van der Waals surface area (Å²) in [5.74, 6) is 0.776. The topological polar surface area (TPSA) is 21.6 Å². The van der Waals surface area contributed by atoms with Gasteiger partial charge in [-0.1, -0.05) is 178 Å². The second kappa shape index (κ2) is 12.7. The van der Waals surface area contributed by atoms with Crippen molar-refractivity contribution in [3.8, 4) is 0 Å². The summed E-state index contributed by atoms with van der Waals surface area (Å²) in [5.41, 5.74) is 11.7. The van der Waals surface area contributed by atoms with Gasteiger partial charge >= 0.3 is 0 Å². The summed E-state index contributed by atoms with van der Waals surface area (Å²) in [4.78, 5) is 5.56. The summed E-state index contributed by atoms with van der Waals surface area (Å²) in [7, 11) is -0.831. The van der Waals surface area contributed by atoms with Crippen LogP contribution in [0.3, 0.4) is 0 Å². The molecule has 9 rings (SSSR count). The van der Waals surface area contributed by atoms with E-state index in [4.69, 9.17) is 9.73 Å². The van der Waals surface area contributed by atoms with E-state index in [-0.39, 0.29) is 28.4 Å². The summed E-state index contributed by atoms with van der Waals surface area (Å²) in [6.07, 6.45) is 1.88. The fourth-order valence-electron chi connectivity index (χ4n) is 10.1. The van der Waals surface area contributed by atoms with Crippen molar-refractivity contribution < 1.29 is 4.74 Å². The first-order chi connectivity index (χ1) is 25.6. The van der Waals surface area contributed by atoms with E-state index in [1.807, 2.05) is 0 Å². The van der Waals surface area contributed by atoms with E-state index in [9.17, 15) is 0 Å². The smallest absolute Gasteiger partial charge is 0.217 e. The summed E-state index contributed by atoms with van der Waals surface area (Å²) >= 11 is 0. The van der Waals surface area contributed by atoms with E-state index in [1.165, 1.54) is 54.9 Å². The van der Waals surface area contributed by atoms with Crippen LogP contribution in [0.1, 0.15) is 103 Å². The molecule has 2 aliphatic carbocycles. The molecule has 3 atom stereocenters. The first-order valence-electron chi connectivity index (χ1n) is 19.1. The third-order valence-electron chi connectivity index (χ3n) is 12.0. The summed E-state index contributed by atoms with van der Waals surface area (Å²) in [5, 5.41) is 4.28. The van der Waals surface area contributed by atoms with Crippen molar-refractivity contribution in [2.75, 3.05) is 0 Å². The second-order valence-corrected chi connectivity index (χ2v) is 19.1. The van der Waals surface area contributed by atoms with E-state index >= 15 is 0 Å². The van der Waals surface area contributed by atoms with Crippen LogP contribution >= 0.6 is 7.92 Å². The van der Waals surface area contributed by atoms with E-state index in [1.54, 1.807) is 5.56 Å². The zero-order valence-electron chi connectivity index (χ0n) is 31.7. The highest BCUT2D eigenvalue weighted by atomic mass is 31.1. The van der Waals surface area contributed by atoms with Crippen LogP contribution in [0.2, 0.25) is 0 Å². The van der Waals surface area contributed by atoms with Crippen molar-refractivity contribution in [3.05, 3.63) is 196 Å². The maximum Gasteiger partial charge on any atom is 0.217 e. The molecule has 0 saturated heterocycles. The Bertz CT molecular complexity index is 2300. The Kier molecular flexibility index (Phi) is 8.13. The van der Waals surface area contributed by atoms with Gasteiger partial charge < -0.3 is 4.74 Å². The lowest BCUT2D eigenvalue weighted by Gasteiger charge is -2.35. The minimum Gasteiger partial charge on any atom is -0.467 e. The average Bonchev–Trinajstić information content (AvgIpc) is 3.77. The number of rotatable bonds is 6. The van der Waals surface area contributed by atoms with Gasteiger partial charge in [0.1, 0.15) is 6.04 Å². The quantitative estimate of drug-likeness (QED) is 0.158. The van der Waals surface area contributed by atoms with Crippen molar-refractivity contribution in [1.29, 1.82) is 0 Å². The van der Waals surface area contributed by atoms with Gasteiger partial charge in [-0.3, -0.25) is 0 Å². The monoisotopic (exact) mass is 709 g/mol. The molecule has 53 heavy (non-hydrogen) atoms. The zero-order valence-corrected chi connectivity index (χ0v) is 32.6. The van der Waals surface area contributed by atoms with Crippen molar-refractivity contribution in [2.45, 2.75) is 82.8 Å². The second-order valence-electron chi connectivity index (χ2n) is 16.9. The molecule has 6 aromatic rings. The van der Waals surface area contributed by atoms with Crippen LogP contribution in [0.4, 0.5) is 0 Å². The standard InChI is InChI=1S/C50H48NOP/c1-33-27-39(47-51-45(35-19-11-7-12-20-35)46(52-47)36-21-13-8-14-22-36)43-40(28-33)48(3,4)31-50(43)32-49(5,6)41-29-34(2)30-42(44(41)50)53(37-23-15-9-16-24-37)38-25-17-10-18-26-38/h7-30,45-46H,31-32H2,1-6H3/t45-,46?,50-/m0/s1. The van der Waals surface area contributed by atoms with Gasteiger partial charge in [0.15, 0.2) is 6.10 Å². The number of ether oxygens (including phenoxy) is 1. The van der Waals surface area contributed by atoms with Crippen LogP contribution in [-0.4, -0.2) is 5.90 Å². The van der Waals surface area contributed by atoms with Gasteiger partial charge in [0.05, 0.1) is 0 Å². The van der Waals surface area contributed by atoms with Crippen molar-refractivity contribution >= 4 is 29.7 Å². The summed E-state index contributed by atoms with van der Waals surface area (Å²) in [6.45, 7) is 14.4. The van der Waals surface area contributed by atoms with E-state index in [2.05, 4.69) is 187 Å². The Labute approximate surface area is 316 Å².